The van der Waals surface area contributed by atoms with Crippen molar-refractivity contribution in [2.75, 3.05) is 19.0 Å². The molecule has 5 heteroatoms. The molecule has 0 saturated heterocycles. The zero-order valence-corrected chi connectivity index (χ0v) is 14.5. The molecule has 0 spiro atoms. The van der Waals surface area contributed by atoms with Crippen molar-refractivity contribution >= 4 is 40.4 Å². The maximum atomic E-state index is 12.0. The first-order chi connectivity index (χ1) is 12.0. The van der Waals surface area contributed by atoms with Crippen molar-refractivity contribution in [2.24, 2.45) is 0 Å². The predicted octanol–water partition coefficient (Wildman–Crippen LogP) is 4.55. The summed E-state index contributed by atoms with van der Waals surface area (Å²) in [5, 5.41) is 10.5. The van der Waals surface area contributed by atoms with Crippen molar-refractivity contribution in [1.29, 1.82) is 5.26 Å². The minimum atomic E-state index is -0.653. The first-order valence-electron chi connectivity index (χ1n) is 7.61. The lowest BCUT2D eigenvalue weighted by Crippen LogP contribution is -2.08. The molecule has 0 atom stereocenters. The van der Waals surface area contributed by atoms with Crippen LogP contribution in [0.3, 0.4) is 0 Å². The van der Waals surface area contributed by atoms with Crippen LogP contribution in [0.5, 0.6) is 0 Å². The molecule has 0 aliphatic heterocycles. The number of anilines is 1. The molecular weight excluding hydrogens is 336 g/mol. The van der Waals surface area contributed by atoms with E-state index in [9.17, 15) is 10.1 Å². The lowest BCUT2D eigenvalue weighted by atomic mass is 10.0. The summed E-state index contributed by atoms with van der Waals surface area (Å²) < 4.78 is 5.20. The minimum absolute atomic E-state index is 0.0315. The van der Waals surface area contributed by atoms with Crippen molar-refractivity contribution < 1.29 is 4.42 Å². The molecule has 0 radical (unpaired) electrons. The van der Waals surface area contributed by atoms with Crippen LogP contribution < -0.4 is 10.5 Å². The summed E-state index contributed by atoms with van der Waals surface area (Å²) in [5.41, 5.74) is 2.27. The van der Waals surface area contributed by atoms with Gasteiger partial charge in [0, 0.05) is 35.8 Å². The van der Waals surface area contributed by atoms with Crippen LogP contribution in [-0.2, 0) is 0 Å². The van der Waals surface area contributed by atoms with E-state index in [0.717, 1.165) is 11.3 Å². The molecule has 124 valence electrons. The van der Waals surface area contributed by atoms with Gasteiger partial charge in [0.05, 0.1) is 0 Å². The highest BCUT2D eigenvalue weighted by molar-refractivity contribution is 6.31. The van der Waals surface area contributed by atoms with E-state index in [-0.39, 0.29) is 5.56 Å². The highest BCUT2D eigenvalue weighted by Crippen LogP contribution is 2.25. The van der Waals surface area contributed by atoms with Crippen LogP contribution in [0, 0.1) is 11.3 Å². The van der Waals surface area contributed by atoms with Crippen LogP contribution in [0.2, 0.25) is 5.02 Å². The molecule has 0 amide bonds. The van der Waals surface area contributed by atoms with E-state index in [1.54, 1.807) is 24.3 Å². The van der Waals surface area contributed by atoms with Crippen LogP contribution in [0.25, 0.3) is 23.1 Å². The van der Waals surface area contributed by atoms with Crippen LogP contribution in [0.4, 0.5) is 5.69 Å². The highest BCUT2D eigenvalue weighted by atomic mass is 35.5. The van der Waals surface area contributed by atoms with Crippen molar-refractivity contribution in [3.63, 3.8) is 0 Å². The summed E-state index contributed by atoms with van der Waals surface area (Å²) in [7, 11) is 3.95. The fourth-order valence-corrected chi connectivity index (χ4v) is 2.71. The standard InChI is InChI=1S/C20H15ClN2O2/c1-23(2)15-7-3-13(4-8-15)5-9-16-17-11-14(21)6-10-19(17)25-20(24)18(16)12-22/h3-11H,1-2H3/b9-5+. The Morgan fingerprint density at radius 1 is 1.12 bits per heavy atom. The maximum Gasteiger partial charge on any atom is 0.354 e. The number of hydrogen-bond acceptors (Lipinski definition) is 4. The zero-order chi connectivity index (χ0) is 18.0. The second kappa shape index (κ2) is 6.84. The first-order valence-corrected chi connectivity index (χ1v) is 7.99. The Kier molecular flexibility index (Phi) is 4.60. The zero-order valence-electron chi connectivity index (χ0n) is 13.8. The lowest BCUT2D eigenvalue weighted by Gasteiger charge is -2.11. The summed E-state index contributed by atoms with van der Waals surface area (Å²) in [5.74, 6) is 0. The number of fused-ring (bicyclic) bond motifs is 1. The summed E-state index contributed by atoms with van der Waals surface area (Å²) in [6.45, 7) is 0. The Bertz CT molecular complexity index is 1060. The molecule has 3 rings (SSSR count). The van der Waals surface area contributed by atoms with E-state index in [2.05, 4.69) is 0 Å². The van der Waals surface area contributed by atoms with E-state index >= 15 is 0 Å². The molecule has 1 aromatic heterocycles. The lowest BCUT2D eigenvalue weighted by molar-refractivity contribution is 0.558. The van der Waals surface area contributed by atoms with Gasteiger partial charge in [0.1, 0.15) is 17.2 Å². The highest BCUT2D eigenvalue weighted by Gasteiger charge is 2.12. The van der Waals surface area contributed by atoms with Crippen molar-refractivity contribution in [3.05, 3.63) is 74.6 Å². The van der Waals surface area contributed by atoms with Crippen LogP contribution in [0.1, 0.15) is 16.7 Å². The van der Waals surface area contributed by atoms with Gasteiger partial charge in [0.15, 0.2) is 0 Å². The molecule has 4 nitrogen and oxygen atoms in total. The third-order valence-corrected chi connectivity index (χ3v) is 4.11. The Balaban J connectivity index is 2.12. The molecule has 25 heavy (non-hydrogen) atoms. The van der Waals surface area contributed by atoms with Crippen LogP contribution in [0.15, 0.2) is 51.7 Å². The van der Waals surface area contributed by atoms with Crippen molar-refractivity contribution in [1.82, 2.24) is 0 Å². The molecule has 1 heterocycles. The first kappa shape index (κ1) is 16.8. The normalized spacial score (nSPS) is 11.0. The maximum absolute atomic E-state index is 12.0. The van der Waals surface area contributed by atoms with E-state index < -0.39 is 5.63 Å². The second-order valence-electron chi connectivity index (χ2n) is 5.75. The average molecular weight is 351 g/mol. The number of hydrogen-bond donors (Lipinski definition) is 0. The fraction of sp³-hybridized carbons (Fsp3) is 0.100. The molecule has 0 aliphatic rings. The van der Waals surface area contributed by atoms with Gasteiger partial charge < -0.3 is 9.32 Å². The van der Waals surface area contributed by atoms with E-state index in [4.69, 9.17) is 16.0 Å². The molecule has 0 N–H and O–H groups in total. The molecule has 0 aliphatic carbocycles. The van der Waals surface area contributed by atoms with Crippen molar-refractivity contribution in [3.8, 4) is 6.07 Å². The molecule has 3 aromatic rings. The van der Waals surface area contributed by atoms with Crippen LogP contribution in [-0.4, -0.2) is 14.1 Å². The molecule has 2 aromatic carbocycles. The number of nitriles is 1. The fourth-order valence-electron chi connectivity index (χ4n) is 2.54. The Hall–Kier alpha value is -3.03. The summed E-state index contributed by atoms with van der Waals surface area (Å²) in [6, 6.07) is 14.8. The molecule has 0 saturated carbocycles. The van der Waals surface area contributed by atoms with Gasteiger partial charge in [0.2, 0.25) is 0 Å². The quantitative estimate of drug-likeness (QED) is 0.650. The van der Waals surface area contributed by atoms with Gasteiger partial charge in [-0.25, -0.2) is 4.79 Å². The van der Waals surface area contributed by atoms with E-state index in [1.165, 1.54) is 0 Å². The average Bonchev–Trinajstić information content (AvgIpc) is 2.60. The van der Waals surface area contributed by atoms with Gasteiger partial charge in [-0.15, -0.1) is 0 Å². The summed E-state index contributed by atoms with van der Waals surface area (Å²) in [6.07, 6.45) is 3.61. The van der Waals surface area contributed by atoms with Gasteiger partial charge in [-0.3, -0.25) is 0 Å². The molecular formula is C20H15ClN2O2. The SMILES string of the molecule is CN(C)c1ccc(/C=C/c2c(C#N)c(=O)oc3ccc(Cl)cc23)cc1. The van der Waals surface area contributed by atoms with Gasteiger partial charge in [-0.05, 0) is 35.9 Å². The molecule has 0 fully saturated rings. The summed E-state index contributed by atoms with van der Waals surface area (Å²) >= 11 is 6.06. The number of benzene rings is 2. The second-order valence-corrected chi connectivity index (χ2v) is 6.19. The molecule has 0 unspecified atom stereocenters. The van der Waals surface area contributed by atoms with Gasteiger partial charge in [0.25, 0.3) is 0 Å². The smallest absolute Gasteiger partial charge is 0.354 e. The third kappa shape index (κ3) is 3.42. The minimum Gasteiger partial charge on any atom is -0.422 e. The summed E-state index contributed by atoms with van der Waals surface area (Å²) in [4.78, 5) is 14.1. The molecule has 0 bridgehead atoms. The van der Waals surface area contributed by atoms with Crippen LogP contribution >= 0.6 is 11.6 Å². The number of halogens is 1. The Morgan fingerprint density at radius 3 is 2.48 bits per heavy atom. The topological polar surface area (TPSA) is 57.2 Å². The van der Waals surface area contributed by atoms with Gasteiger partial charge in [-0.2, -0.15) is 5.26 Å². The number of nitrogens with zero attached hydrogens (tertiary/aromatic N) is 2. The van der Waals surface area contributed by atoms with E-state index in [1.807, 2.05) is 55.4 Å². The third-order valence-electron chi connectivity index (χ3n) is 3.87. The van der Waals surface area contributed by atoms with Gasteiger partial charge in [-0.1, -0.05) is 35.9 Å². The largest absolute Gasteiger partial charge is 0.422 e. The van der Waals surface area contributed by atoms with E-state index in [0.29, 0.717) is 21.6 Å². The van der Waals surface area contributed by atoms with Gasteiger partial charge >= 0.3 is 5.63 Å². The monoisotopic (exact) mass is 350 g/mol. The van der Waals surface area contributed by atoms with Crippen molar-refractivity contribution in [2.45, 2.75) is 0 Å². The Labute approximate surface area is 150 Å². The predicted molar refractivity (Wildman–Crippen MR) is 102 cm³/mol. The Morgan fingerprint density at radius 2 is 1.84 bits per heavy atom. The number of rotatable bonds is 3.